The zero-order valence-corrected chi connectivity index (χ0v) is 17.2. The zero-order valence-electron chi connectivity index (χ0n) is 16.4. The molecule has 0 saturated carbocycles. The number of nitrogens with one attached hydrogen (secondary N) is 1. The van der Waals surface area contributed by atoms with Gasteiger partial charge in [-0.05, 0) is 44.3 Å². The molecule has 0 fully saturated rings. The summed E-state index contributed by atoms with van der Waals surface area (Å²) in [6.07, 6.45) is 4.59. The summed E-state index contributed by atoms with van der Waals surface area (Å²) in [5, 5.41) is 5.91. The number of unbranched alkanes of at least 4 members (excludes halogenated alkanes) is 1. The van der Waals surface area contributed by atoms with Gasteiger partial charge in [0.15, 0.2) is 0 Å². The number of rotatable bonds is 9. The number of nitrogens with zero attached hydrogens (tertiary/aromatic N) is 3. The highest BCUT2D eigenvalue weighted by Crippen LogP contribution is 2.28. The third kappa shape index (κ3) is 5.71. The smallest absolute Gasteiger partial charge is 0.225 e. The molecule has 0 spiro atoms. The number of carbonyl (C=O) groups is 1. The average Bonchev–Trinajstić information content (AvgIpc) is 3.22. The van der Waals surface area contributed by atoms with Crippen molar-refractivity contribution in [2.45, 2.75) is 26.2 Å². The third-order valence-corrected chi connectivity index (χ3v) is 5.31. The Labute approximate surface area is 170 Å². The molecule has 0 aliphatic carbocycles. The molecule has 5 nitrogen and oxygen atoms in total. The summed E-state index contributed by atoms with van der Waals surface area (Å²) in [5.74, 6) is 0.0351. The largest absolute Gasteiger partial charge is 0.326 e. The lowest BCUT2D eigenvalue weighted by molar-refractivity contribution is -0.116. The lowest BCUT2D eigenvalue weighted by Crippen LogP contribution is -2.25. The van der Waals surface area contributed by atoms with E-state index in [9.17, 15) is 4.79 Å². The van der Waals surface area contributed by atoms with Crippen molar-refractivity contribution in [1.29, 1.82) is 0 Å². The fraction of sp³-hybridized carbons (Fsp3) is 0.318. The van der Waals surface area contributed by atoms with Crippen LogP contribution in [0.3, 0.4) is 0 Å². The maximum absolute atomic E-state index is 12.3. The van der Waals surface area contributed by atoms with Crippen LogP contribution in [0.25, 0.3) is 22.0 Å². The van der Waals surface area contributed by atoms with Crippen LogP contribution in [0.1, 0.15) is 26.2 Å². The molecule has 1 aromatic carbocycles. The van der Waals surface area contributed by atoms with Crippen molar-refractivity contribution >= 4 is 22.9 Å². The van der Waals surface area contributed by atoms with Crippen molar-refractivity contribution in [2.24, 2.45) is 0 Å². The summed E-state index contributed by atoms with van der Waals surface area (Å²) in [5.41, 5.74) is 3.54. The first-order valence-corrected chi connectivity index (χ1v) is 10.5. The molecule has 28 heavy (non-hydrogen) atoms. The number of benzene rings is 1. The van der Waals surface area contributed by atoms with E-state index >= 15 is 0 Å². The Morgan fingerprint density at radius 2 is 2.04 bits per heavy atom. The normalized spacial score (nSPS) is 11.0. The van der Waals surface area contributed by atoms with Gasteiger partial charge < -0.3 is 10.2 Å². The zero-order chi connectivity index (χ0) is 19.8. The van der Waals surface area contributed by atoms with E-state index in [0.29, 0.717) is 6.42 Å². The van der Waals surface area contributed by atoms with Gasteiger partial charge in [0.2, 0.25) is 5.91 Å². The number of pyridine rings is 1. The van der Waals surface area contributed by atoms with Crippen molar-refractivity contribution in [3.8, 4) is 22.0 Å². The van der Waals surface area contributed by atoms with E-state index in [-0.39, 0.29) is 5.91 Å². The second-order valence-corrected chi connectivity index (χ2v) is 7.65. The Morgan fingerprint density at radius 1 is 1.14 bits per heavy atom. The monoisotopic (exact) mass is 394 g/mol. The maximum Gasteiger partial charge on any atom is 0.225 e. The van der Waals surface area contributed by atoms with Crippen LogP contribution in [0.2, 0.25) is 0 Å². The van der Waals surface area contributed by atoms with E-state index in [2.05, 4.69) is 29.2 Å². The number of anilines is 1. The number of hydrogen-bond donors (Lipinski definition) is 1. The minimum absolute atomic E-state index is 0.0351. The molecule has 1 N–H and O–H groups in total. The Kier molecular flexibility index (Phi) is 7.28. The van der Waals surface area contributed by atoms with Crippen LogP contribution in [0, 0.1) is 0 Å². The van der Waals surface area contributed by atoms with E-state index in [1.165, 1.54) is 6.42 Å². The minimum atomic E-state index is 0.0351. The van der Waals surface area contributed by atoms with Gasteiger partial charge in [0.25, 0.3) is 0 Å². The van der Waals surface area contributed by atoms with E-state index < -0.39 is 0 Å². The van der Waals surface area contributed by atoms with Crippen molar-refractivity contribution in [3.63, 3.8) is 0 Å². The van der Waals surface area contributed by atoms with Crippen LogP contribution in [-0.2, 0) is 4.79 Å². The van der Waals surface area contributed by atoms with E-state index in [4.69, 9.17) is 4.98 Å². The van der Waals surface area contributed by atoms with Gasteiger partial charge in [0.1, 0.15) is 5.01 Å². The van der Waals surface area contributed by atoms with Crippen LogP contribution in [0.15, 0.2) is 54.0 Å². The lowest BCUT2D eigenvalue weighted by Gasteiger charge is -2.15. The summed E-state index contributed by atoms with van der Waals surface area (Å²) in [4.78, 5) is 23.5. The van der Waals surface area contributed by atoms with E-state index in [0.717, 1.165) is 47.2 Å². The molecular weight excluding hydrogens is 368 g/mol. The van der Waals surface area contributed by atoms with Gasteiger partial charge in [-0.3, -0.25) is 9.78 Å². The van der Waals surface area contributed by atoms with Gasteiger partial charge >= 0.3 is 0 Å². The summed E-state index contributed by atoms with van der Waals surface area (Å²) < 4.78 is 0. The molecule has 0 unspecified atom stereocenters. The van der Waals surface area contributed by atoms with Gasteiger partial charge in [0, 0.05) is 35.8 Å². The molecular formula is C22H26N4OS. The maximum atomic E-state index is 12.3. The number of thiazole rings is 1. The van der Waals surface area contributed by atoms with E-state index in [1.54, 1.807) is 17.5 Å². The molecule has 2 aromatic heterocycles. The molecule has 2 heterocycles. The number of carbonyl (C=O) groups excluding carboxylic acids is 1. The molecule has 0 saturated heterocycles. The molecule has 0 radical (unpaired) electrons. The Balaban J connectivity index is 1.61. The third-order valence-electron chi connectivity index (χ3n) is 4.44. The molecule has 1 amide bonds. The fourth-order valence-corrected chi connectivity index (χ4v) is 3.63. The average molecular weight is 395 g/mol. The van der Waals surface area contributed by atoms with Crippen molar-refractivity contribution in [2.75, 3.05) is 25.5 Å². The number of aromatic nitrogens is 2. The fourth-order valence-electron chi connectivity index (χ4n) is 2.83. The Hall–Kier alpha value is -2.57. The molecule has 0 aliphatic heterocycles. The quantitative estimate of drug-likeness (QED) is 0.559. The second-order valence-electron chi connectivity index (χ2n) is 6.79. The first-order valence-electron chi connectivity index (χ1n) is 9.61. The molecule has 0 aliphatic rings. The molecule has 3 rings (SSSR count). The SMILES string of the molecule is CCCCN(C)CCC(=O)Nc1cccc(-c2csc(-c3ccccn3)n2)c1. The van der Waals surface area contributed by atoms with Gasteiger partial charge in [-0.1, -0.05) is 31.5 Å². The van der Waals surface area contributed by atoms with Crippen LogP contribution >= 0.6 is 11.3 Å². The standard InChI is InChI=1S/C22H26N4OS/c1-3-4-13-26(2)14-11-21(27)24-18-9-7-8-17(15-18)20-16-28-22(25-20)19-10-5-6-12-23-19/h5-10,12,15-16H,3-4,11,13-14H2,1-2H3,(H,24,27). The summed E-state index contributed by atoms with van der Waals surface area (Å²) in [6, 6.07) is 13.6. The molecule has 146 valence electrons. The number of hydrogen-bond acceptors (Lipinski definition) is 5. The van der Waals surface area contributed by atoms with Gasteiger partial charge in [-0.15, -0.1) is 11.3 Å². The second kappa shape index (κ2) is 10.1. The van der Waals surface area contributed by atoms with Crippen LogP contribution < -0.4 is 5.32 Å². The van der Waals surface area contributed by atoms with Gasteiger partial charge in [-0.2, -0.15) is 0 Å². The van der Waals surface area contributed by atoms with Crippen molar-refractivity contribution in [3.05, 3.63) is 54.0 Å². The highest BCUT2D eigenvalue weighted by molar-refractivity contribution is 7.13. The number of amides is 1. The molecule has 3 aromatic rings. The summed E-state index contributed by atoms with van der Waals surface area (Å²) >= 11 is 1.57. The predicted molar refractivity (Wildman–Crippen MR) is 116 cm³/mol. The van der Waals surface area contributed by atoms with Crippen molar-refractivity contribution < 1.29 is 4.79 Å². The van der Waals surface area contributed by atoms with Gasteiger partial charge in [0.05, 0.1) is 11.4 Å². The predicted octanol–water partition coefficient (Wildman–Crippen LogP) is 4.93. The molecule has 6 heteroatoms. The summed E-state index contributed by atoms with van der Waals surface area (Å²) in [6.45, 7) is 3.97. The highest BCUT2D eigenvalue weighted by atomic mass is 32.1. The molecule has 0 atom stereocenters. The van der Waals surface area contributed by atoms with Crippen LogP contribution in [0.5, 0.6) is 0 Å². The van der Waals surface area contributed by atoms with Crippen LogP contribution in [-0.4, -0.2) is 40.9 Å². The minimum Gasteiger partial charge on any atom is -0.326 e. The Bertz CT molecular complexity index is 894. The topological polar surface area (TPSA) is 58.1 Å². The van der Waals surface area contributed by atoms with E-state index in [1.807, 2.05) is 47.8 Å². The highest BCUT2D eigenvalue weighted by Gasteiger charge is 2.09. The summed E-state index contributed by atoms with van der Waals surface area (Å²) in [7, 11) is 2.06. The Morgan fingerprint density at radius 3 is 2.82 bits per heavy atom. The van der Waals surface area contributed by atoms with Crippen molar-refractivity contribution in [1.82, 2.24) is 14.9 Å². The van der Waals surface area contributed by atoms with Gasteiger partial charge in [-0.25, -0.2) is 4.98 Å². The first kappa shape index (κ1) is 20.2. The first-order chi connectivity index (χ1) is 13.7. The lowest BCUT2D eigenvalue weighted by atomic mass is 10.1. The van der Waals surface area contributed by atoms with Crippen LogP contribution in [0.4, 0.5) is 5.69 Å². The molecule has 0 bridgehead atoms.